The lowest BCUT2D eigenvalue weighted by Gasteiger charge is -2.28. The van der Waals surface area contributed by atoms with Crippen LogP contribution in [-0.2, 0) is 22.5 Å². The van der Waals surface area contributed by atoms with Gasteiger partial charge in [0.05, 0.1) is 4.88 Å². The molecule has 0 aliphatic rings. The maximum Gasteiger partial charge on any atom is 0.264 e. The number of rotatable bonds is 12. The first-order valence-corrected chi connectivity index (χ1v) is 12.7. The molecule has 0 unspecified atom stereocenters. The predicted octanol–water partition coefficient (Wildman–Crippen LogP) is 4.98. The summed E-state index contributed by atoms with van der Waals surface area (Å²) in [6, 6.07) is 21.8. The Morgan fingerprint density at radius 2 is 1.74 bits per heavy atom. The zero-order valence-corrected chi connectivity index (χ0v) is 20.8. The van der Waals surface area contributed by atoms with Gasteiger partial charge < -0.3 is 19.5 Å². The summed E-state index contributed by atoms with van der Waals surface area (Å²) in [7, 11) is 1.64. The lowest BCUT2D eigenvalue weighted by molar-refractivity contribution is -0.132. The predicted molar refractivity (Wildman–Crippen MR) is 141 cm³/mol. The number of hydrogen-bond acceptors (Lipinski definition) is 4. The summed E-state index contributed by atoms with van der Waals surface area (Å²) < 4.78 is 5.18. The zero-order valence-electron chi connectivity index (χ0n) is 20.0. The van der Waals surface area contributed by atoms with E-state index in [4.69, 9.17) is 4.74 Å². The van der Waals surface area contributed by atoms with E-state index in [-0.39, 0.29) is 18.4 Å². The molecule has 35 heavy (non-hydrogen) atoms. The molecule has 0 saturated heterocycles. The van der Waals surface area contributed by atoms with Gasteiger partial charge in [0.1, 0.15) is 6.54 Å². The van der Waals surface area contributed by atoms with Gasteiger partial charge in [-0.1, -0.05) is 54.6 Å². The van der Waals surface area contributed by atoms with Gasteiger partial charge in [0.2, 0.25) is 5.91 Å². The highest BCUT2D eigenvalue weighted by molar-refractivity contribution is 7.12. The number of fused-ring (bicyclic) bond motifs is 1. The summed E-state index contributed by atoms with van der Waals surface area (Å²) >= 11 is 1.40. The third-order valence-electron chi connectivity index (χ3n) is 6.02. The van der Waals surface area contributed by atoms with E-state index >= 15 is 0 Å². The molecule has 0 radical (unpaired) electrons. The summed E-state index contributed by atoms with van der Waals surface area (Å²) in [5.74, 6) is -0.170. The highest BCUT2D eigenvalue weighted by Crippen LogP contribution is 2.19. The van der Waals surface area contributed by atoms with E-state index in [0.29, 0.717) is 37.5 Å². The molecule has 2 heterocycles. The van der Waals surface area contributed by atoms with Crippen molar-refractivity contribution in [3.05, 3.63) is 94.3 Å². The van der Waals surface area contributed by atoms with E-state index in [1.165, 1.54) is 22.3 Å². The molecule has 0 atom stereocenters. The molecule has 4 aromatic rings. The van der Waals surface area contributed by atoms with E-state index in [0.717, 1.165) is 17.5 Å². The summed E-state index contributed by atoms with van der Waals surface area (Å²) in [5, 5.41) is 3.05. The average molecular weight is 490 g/mol. The van der Waals surface area contributed by atoms with Crippen LogP contribution in [0.1, 0.15) is 27.2 Å². The minimum absolute atomic E-state index is 0.0428. The molecule has 7 heteroatoms. The van der Waals surface area contributed by atoms with Gasteiger partial charge >= 0.3 is 0 Å². The number of nitrogens with one attached hydrogen (secondary N) is 1. The molecule has 0 aliphatic heterocycles. The number of amides is 2. The van der Waals surface area contributed by atoms with Crippen molar-refractivity contribution in [2.45, 2.75) is 19.4 Å². The highest BCUT2D eigenvalue weighted by Gasteiger charge is 2.23. The van der Waals surface area contributed by atoms with Crippen molar-refractivity contribution < 1.29 is 14.3 Å². The Labute approximate surface area is 210 Å². The number of carbonyl (C=O) groups excluding carboxylic acids is 2. The molecule has 2 aromatic carbocycles. The highest BCUT2D eigenvalue weighted by atomic mass is 32.1. The summed E-state index contributed by atoms with van der Waals surface area (Å²) in [4.78, 5) is 34.2. The number of benzene rings is 2. The number of para-hydroxylation sites is 1. The van der Waals surface area contributed by atoms with Crippen molar-refractivity contribution in [2.75, 3.05) is 33.4 Å². The van der Waals surface area contributed by atoms with Gasteiger partial charge in [-0.15, -0.1) is 11.3 Å². The molecule has 4 rings (SSSR count). The lowest BCUT2D eigenvalue weighted by Crippen LogP contribution is -2.43. The molecule has 2 amide bonds. The number of H-pyrrole nitrogens is 1. The van der Waals surface area contributed by atoms with Gasteiger partial charge in [0.15, 0.2) is 0 Å². The van der Waals surface area contributed by atoms with Crippen LogP contribution in [0.3, 0.4) is 0 Å². The van der Waals surface area contributed by atoms with Crippen molar-refractivity contribution in [1.82, 2.24) is 14.8 Å². The fraction of sp³-hybridized carbons (Fsp3) is 0.286. The lowest BCUT2D eigenvalue weighted by atomic mass is 10.1. The number of ether oxygens (including phenoxy) is 1. The number of nitrogens with zero attached hydrogens (tertiary/aromatic N) is 2. The largest absolute Gasteiger partial charge is 0.385 e. The molecule has 0 aliphatic carbocycles. The van der Waals surface area contributed by atoms with Gasteiger partial charge in [-0.2, -0.15) is 0 Å². The van der Waals surface area contributed by atoms with Crippen LogP contribution in [0.15, 0.2) is 78.3 Å². The smallest absolute Gasteiger partial charge is 0.264 e. The fourth-order valence-corrected chi connectivity index (χ4v) is 4.85. The second-order valence-corrected chi connectivity index (χ2v) is 9.41. The van der Waals surface area contributed by atoms with Crippen molar-refractivity contribution in [1.29, 1.82) is 0 Å². The average Bonchev–Trinajstić information content (AvgIpc) is 3.57. The minimum atomic E-state index is -0.110. The first kappa shape index (κ1) is 24.7. The number of aromatic nitrogens is 1. The van der Waals surface area contributed by atoms with Crippen LogP contribution in [0, 0.1) is 0 Å². The molecule has 0 saturated carbocycles. The Morgan fingerprint density at radius 1 is 0.943 bits per heavy atom. The van der Waals surface area contributed by atoms with E-state index in [1.807, 2.05) is 65.0 Å². The van der Waals surface area contributed by atoms with Crippen LogP contribution in [0.5, 0.6) is 0 Å². The number of carbonyl (C=O) groups is 2. The summed E-state index contributed by atoms with van der Waals surface area (Å²) in [6.45, 7) is 2.12. The molecular weight excluding hydrogens is 458 g/mol. The van der Waals surface area contributed by atoms with Crippen molar-refractivity contribution in [3.8, 4) is 0 Å². The van der Waals surface area contributed by atoms with E-state index < -0.39 is 0 Å². The Morgan fingerprint density at radius 3 is 2.51 bits per heavy atom. The fourth-order valence-electron chi connectivity index (χ4n) is 4.16. The molecule has 182 valence electrons. The van der Waals surface area contributed by atoms with E-state index in [2.05, 4.69) is 17.1 Å². The molecule has 6 nitrogen and oxygen atoms in total. The number of hydrogen-bond donors (Lipinski definition) is 1. The Balaban J connectivity index is 1.50. The third kappa shape index (κ3) is 6.59. The number of methoxy groups -OCH3 is 1. The van der Waals surface area contributed by atoms with Gasteiger partial charge in [-0.3, -0.25) is 9.59 Å². The first-order chi connectivity index (χ1) is 17.2. The third-order valence-corrected chi connectivity index (χ3v) is 6.87. The first-order valence-electron chi connectivity index (χ1n) is 11.8. The van der Waals surface area contributed by atoms with Crippen molar-refractivity contribution in [3.63, 3.8) is 0 Å². The summed E-state index contributed by atoms with van der Waals surface area (Å²) in [6.07, 6.45) is 3.42. The normalized spacial score (nSPS) is 11.0. The van der Waals surface area contributed by atoms with Crippen molar-refractivity contribution in [2.24, 2.45) is 0 Å². The minimum Gasteiger partial charge on any atom is -0.385 e. The topological polar surface area (TPSA) is 65.6 Å². The number of thiophene rings is 1. The SMILES string of the molecule is COCCCN(CC(=O)N(CCc1c[nH]c2ccccc12)Cc1ccccc1)C(=O)c1cccs1. The quantitative estimate of drug-likeness (QED) is 0.286. The van der Waals surface area contributed by atoms with Gasteiger partial charge in [0.25, 0.3) is 5.91 Å². The number of aromatic amines is 1. The van der Waals surface area contributed by atoms with Crippen LogP contribution in [0.25, 0.3) is 10.9 Å². The second kappa shape index (κ2) is 12.3. The van der Waals surface area contributed by atoms with Crippen LogP contribution >= 0.6 is 11.3 Å². The second-order valence-electron chi connectivity index (χ2n) is 8.46. The molecular formula is C28H31N3O3S. The van der Waals surface area contributed by atoms with Crippen LogP contribution < -0.4 is 0 Å². The van der Waals surface area contributed by atoms with Crippen LogP contribution in [0.4, 0.5) is 0 Å². The Kier molecular flexibility index (Phi) is 8.70. The summed E-state index contributed by atoms with van der Waals surface area (Å²) in [5.41, 5.74) is 3.34. The van der Waals surface area contributed by atoms with Gasteiger partial charge in [-0.05, 0) is 41.5 Å². The maximum absolute atomic E-state index is 13.6. The molecule has 0 bridgehead atoms. The zero-order chi connectivity index (χ0) is 24.5. The van der Waals surface area contributed by atoms with E-state index in [1.54, 1.807) is 18.1 Å². The van der Waals surface area contributed by atoms with Gasteiger partial charge in [0, 0.05) is 50.5 Å². The molecule has 1 N–H and O–H groups in total. The van der Waals surface area contributed by atoms with Gasteiger partial charge in [-0.25, -0.2) is 0 Å². The van der Waals surface area contributed by atoms with E-state index in [9.17, 15) is 9.59 Å². The Hall–Kier alpha value is -3.42. The maximum atomic E-state index is 13.6. The molecule has 0 fully saturated rings. The van der Waals surface area contributed by atoms with Crippen LogP contribution in [-0.4, -0.2) is 59.9 Å². The Bertz CT molecular complexity index is 1220. The monoisotopic (exact) mass is 489 g/mol. The van der Waals surface area contributed by atoms with Crippen molar-refractivity contribution >= 4 is 34.1 Å². The van der Waals surface area contributed by atoms with Crippen LogP contribution in [0.2, 0.25) is 0 Å². The standard InChI is InChI=1S/C28H31N3O3S/c1-34-17-8-15-31(28(33)26-13-7-18-35-26)21-27(32)30(20-22-9-3-2-4-10-22)16-14-23-19-29-25-12-6-5-11-24(23)25/h2-7,9-13,18-19,29H,8,14-17,20-21H2,1H3. The molecule has 0 spiro atoms. The molecule has 2 aromatic heterocycles.